The molecule has 1 aliphatic rings. The second-order valence-corrected chi connectivity index (χ2v) is 9.88. The highest BCUT2D eigenvalue weighted by Gasteiger charge is 2.23. The van der Waals surface area contributed by atoms with Crippen LogP contribution < -0.4 is 0 Å². The standard InChI is InChI=1S/C20H24N4O4S2/c1-3-24(4-2)30(25,26)15-9-7-8-14(12-15)19-21-22-20(27-19)29-13-17-16-10-5-6-11-18(16)28-23-17/h7-9,12H,3-6,10-11,13H2,1-2H3. The second-order valence-electron chi connectivity index (χ2n) is 7.02. The third-order valence-electron chi connectivity index (χ3n) is 5.19. The minimum Gasteiger partial charge on any atom is -0.411 e. The van der Waals surface area contributed by atoms with E-state index < -0.39 is 10.0 Å². The second kappa shape index (κ2) is 8.91. The molecule has 0 fully saturated rings. The summed E-state index contributed by atoms with van der Waals surface area (Å²) >= 11 is 1.40. The van der Waals surface area contributed by atoms with Crippen LogP contribution in [0.25, 0.3) is 11.5 Å². The largest absolute Gasteiger partial charge is 0.411 e. The van der Waals surface area contributed by atoms with E-state index in [0.717, 1.165) is 37.1 Å². The van der Waals surface area contributed by atoms with Crippen molar-refractivity contribution in [2.24, 2.45) is 0 Å². The summed E-state index contributed by atoms with van der Waals surface area (Å²) in [6.45, 7) is 4.46. The number of nitrogens with zero attached hydrogens (tertiary/aromatic N) is 4. The molecule has 0 N–H and O–H groups in total. The monoisotopic (exact) mass is 448 g/mol. The molecule has 0 atom stereocenters. The minimum atomic E-state index is -3.55. The zero-order valence-electron chi connectivity index (χ0n) is 17.0. The van der Waals surface area contributed by atoms with Gasteiger partial charge in [-0.2, -0.15) is 4.31 Å². The fourth-order valence-electron chi connectivity index (χ4n) is 3.58. The highest BCUT2D eigenvalue weighted by Crippen LogP contribution is 2.31. The first kappa shape index (κ1) is 21.1. The van der Waals surface area contributed by atoms with Gasteiger partial charge in [-0.05, 0) is 37.5 Å². The molecular formula is C20H24N4O4S2. The van der Waals surface area contributed by atoms with Crippen molar-refractivity contribution in [3.8, 4) is 11.5 Å². The number of aromatic nitrogens is 3. The molecule has 0 saturated heterocycles. The molecule has 0 radical (unpaired) electrons. The minimum absolute atomic E-state index is 0.213. The predicted molar refractivity (Wildman–Crippen MR) is 113 cm³/mol. The molecule has 30 heavy (non-hydrogen) atoms. The van der Waals surface area contributed by atoms with E-state index in [2.05, 4.69) is 15.4 Å². The summed E-state index contributed by atoms with van der Waals surface area (Å²) in [7, 11) is -3.55. The molecule has 3 aromatic rings. The van der Waals surface area contributed by atoms with Gasteiger partial charge in [0, 0.05) is 36.4 Å². The van der Waals surface area contributed by atoms with Crippen molar-refractivity contribution in [1.82, 2.24) is 19.7 Å². The number of sulfonamides is 1. The van der Waals surface area contributed by atoms with Crippen molar-refractivity contribution in [2.45, 2.75) is 55.4 Å². The first-order chi connectivity index (χ1) is 14.5. The Morgan fingerprint density at radius 1 is 1.13 bits per heavy atom. The molecule has 8 nitrogen and oxygen atoms in total. The van der Waals surface area contributed by atoms with Crippen LogP contribution >= 0.6 is 11.8 Å². The van der Waals surface area contributed by atoms with Crippen LogP contribution in [0.5, 0.6) is 0 Å². The maximum atomic E-state index is 12.8. The molecule has 2 aromatic heterocycles. The predicted octanol–water partition coefficient (Wildman–Crippen LogP) is 3.93. The lowest BCUT2D eigenvalue weighted by molar-refractivity contribution is 0.369. The lowest BCUT2D eigenvalue weighted by Crippen LogP contribution is -2.30. The quantitative estimate of drug-likeness (QED) is 0.478. The zero-order valence-corrected chi connectivity index (χ0v) is 18.6. The lowest BCUT2D eigenvalue weighted by Gasteiger charge is -2.18. The van der Waals surface area contributed by atoms with Crippen LogP contribution in [-0.2, 0) is 28.6 Å². The molecule has 4 rings (SSSR count). The van der Waals surface area contributed by atoms with Gasteiger partial charge in [-0.15, -0.1) is 10.2 Å². The van der Waals surface area contributed by atoms with Crippen LogP contribution in [0.4, 0.5) is 0 Å². The van der Waals surface area contributed by atoms with Crippen molar-refractivity contribution in [3.63, 3.8) is 0 Å². The molecule has 0 amide bonds. The topological polar surface area (TPSA) is 102 Å². The average Bonchev–Trinajstić information content (AvgIpc) is 3.40. The number of hydrogen-bond donors (Lipinski definition) is 0. The van der Waals surface area contributed by atoms with E-state index in [1.807, 2.05) is 13.8 Å². The molecule has 1 aromatic carbocycles. The summed E-state index contributed by atoms with van der Waals surface area (Å²) in [5.74, 6) is 1.88. The van der Waals surface area contributed by atoms with Gasteiger partial charge in [-0.3, -0.25) is 0 Å². The van der Waals surface area contributed by atoms with Gasteiger partial charge in [0.25, 0.3) is 5.22 Å². The van der Waals surface area contributed by atoms with Crippen molar-refractivity contribution in [1.29, 1.82) is 0 Å². The van der Waals surface area contributed by atoms with Gasteiger partial charge in [-0.25, -0.2) is 8.42 Å². The molecule has 160 valence electrons. The zero-order chi connectivity index (χ0) is 21.1. The third kappa shape index (κ3) is 4.17. The van der Waals surface area contributed by atoms with Gasteiger partial charge in [-0.1, -0.05) is 36.8 Å². The Bertz CT molecular complexity index is 1120. The van der Waals surface area contributed by atoms with Crippen molar-refractivity contribution < 1.29 is 17.4 Å². The van der Waals surface area contributed by atoms with Gasteiger partial charge >= 0.3 is 0 Å². The van der Waals surface area contributed by atoms with Crippen LogP contribution in [0.15, 0.2) is 43.3 Å². The van der Waals surface area contributed by atoms with Gasteiger partial charge in [0.2, 0.25) is 15.9 Å². The highest BCUT2D eigenvalue weighted by atomic mass is 32.2. The third-order valence-corrected chi connectivity index (χ3v) is 8.07. The van der Waals surface area contributed by atoms with E-state index >= 15 is 0 Å². The molecule has 2 heterocycles. The van der Waals surface area contributed by atoms with E-state index in [9.17, 15) is 8.42 Å². The summed E-state index contributed by atoms with van der Waals surface area (Å²) in [5, 5.41) is 12.8. The summed E-state index contributed by atoms with van der Waals surface area (Å²) in [4.78, 5) is 0.213. The van der Waals surface area contributed by atoms with Crippen molar-refractivity contribution in [3.05, 3.63) is 41.3 Å². The Balaban J connectivity index is 1.50. The van der Waals surface area contributed by atoms with Crippen molar-refractivity contribution >= 4 is 21.8 Å². The number of fused-ring (bicyclic) bond motifs is 1. The van der Waals surface area contributed by atoms with Gasteiger partial charge in [0.05, 0.1) is 10.6 Å². The fourth-order valence-corrected chi connectivity index (χ4v) is 5.81. The van der Waals surface area contributed by atoms with Gasteiger partial charge < -0.3 is 8.94 Å². The van der Waals surface area contributed by atoms with Crippen LogP contribution in [0.2, 0.25) is 0 Å². The average molecular weight is 449 g/mol. The van der Waals surface area contributed by atoms with E-state index in [0.29, 0.717) is 29.6 Å². The highest BCUT2D eigenvalue weighted by molar-refractivity contribution is 7.98. The van der Waals surface area contributed by atoms with Gasteiger partial charge in [0.1, 0.15) is 5.76 Å². The van der Waals surface area contributed by atoms with E-state index in [-0.39, 0.29) is 10.8 Å². The summed E-state index contributed by atoms with van der Waals surface area (Å²) in [6, 6.07) is 6.60. The summed E-state index contributed by atoms with van der Waals surface area (Å²) in [5.41, 5.74) is 2.71. The Morgan fingerprint density at radius 3 is 2.73 bits per heavy atom. The van der Waals surface area contributed by atoms with Crippen molar-refractivity contribution in [2.75, 3.05) is 13.1 Å². The molecular weight excluding hydrogens is 424 g/mol. The van der Waals surface area contributed by atoms with Gasteiger partial charge in [0.15, 0.2) is 0 Å². The number of aryl methyl sites for hydroxylation is 1. The maximum Gasteiger partial charge on any atom is 0.277 e. The van der Waals surface area contributed by atoms with E-state index in [1.165, 1.54) is 21.6 Å². The molecule has 0 aliphatic heterocycles. The molecule has 0 bridgehead atoms. The number of benzene rings is 1. The summed E-state index contributed by atoms with van der Waals surface area (Å²) in [6.07, 6.45) is 4.25. The molecule has 10 heteroatoms. The Labute approximate surface area is 180 Å². The molecule has 0 unspecified atom stereocenters. The maximum absolute atomic E-state index is 12.8. The Kier molecular flexibility index (Phi) is 6.26. The normalized spacial score (nSPS) is 14.2. The molecule has 1 aliphatic carbocycles. The lowest BCUT2D eigenvalue weighted by atomic mass is 9.97. The number of hydrogen-bond acceptors (Lipinski definition) is 8. The fraction of sp³-hybridized carbons (Fsp3) is 0.450. The first-order valence-electron chi connectivity index (χ1n) is 10.1. The first-order valence-corrected chi connectivity index (χ1v) is 12.5. The van der Waals surface area contributed by atoms with Crippen LogP contribution in [0.1, 0.15) is 43.7 Å². The number of thioether (sulfide) groups is 1. The van der Waals surface area contributed by atoms with Crippen LogP contribution in [-0.4, -0.2) is 41.2 Å². The summed E-state index contributed by atoms with van der Waals surface area (Å²) < 4.78 is 38.2. The number of rotatable bonds is 8. The molecule has 0 spiro atoms. The molecule has 0 saturated carbocycles. The Hall–Kier alpha value is -2.17. The van der Waals surface area contributed by atoms with E-state index in [4.69, 9.17) is 8.94 Å². The Morgan fingerprint density at radius 2 is 1.93 bits per heavy atom. The smallest absolute Gasteiger partial charge is 0.277 e. The van der Waals surface area contributed by atoms with Crippen LogP contribution in [0.3, 0.4) is 0 Å². The SMILES string of the molecule is CCN(CC)S(=O)(=O)c1cccc(-c2nnc(SCc3noc4c3CCCC4)o2)c1. The van der Waals surface area contributed by atoms with E-state index in [1.54, 1.807) is 24.3 Å². The van der Waals surface area contributed by atoms with Crippen LogP contribution in [0, 0.1) is 0 Å².